The topological polar surface area (TPSA) is 81.8 Å². The van der Waals surface area contributed by atoms with E-state index in [2.05, 4.69) is 15.0 Å². The number of benzene rings is 1. The van der Waals surface area contributed by atoms with E-state index in [9.17, 15) is 9.18 Å². The minimum atomic E-state index is -0.529. The van der Waals surface area contributed by atoms with Crippen LogP contribution in [0.2, 0.25) is 0 Å². The summed E-state index contributed by atoms with van der Waals surface area (Å²) in [4.78, 5) is 25.1. The van der Waals surface area contributed by atoms with Gasteiger partial charge in [0.05, 0.1) is 22.6 Å². The Morgan fingerprint density at radius 3 is 2.65 bits per heavy atom. The summed E-state index contributed by atoms with van der Waals surface area (Å²) >= 11 is 0. The highest BCUT2D eigenvalue weighted by molar-refractivity contribution is 6.00. The van der Waals surface area contributed by atoms with Crippen LogP contribution in [-0.2, 0) is 6.42 Å². The molecule has 3 aromatic rings. The number of hydrogen-bond acceptors (Lipinski definition) is 5. The Bertz CT molecular complexity index is 1020. The fourth-order valence-corrected chi connectivity index (χ4v) is 3.66. The molecule has 2 heterocycles. The summed E-state index contributed by atoms with van der Waals surface area (Å²) in [6.07, 6.45) is 0.939. The molecular weight excluding hydrogens is 330 g/mol. The SMILES string of the molecule is Cc1nc(N)nc2c1C(=O)CC(c1ccccc1-c1cccc([18F])n1)C2. The molecule has 1 aliphatic rings. The molecule has 0 spiro atoms. The lowest BCUT2D eigenvalue weighted by atomic mass is 9.79. The zero-order chi connectivity index (χ0) is 18.3. The maximum Gasteiger partial charge on any atom is 0.220 e. The molecule has 0 aliphatic heterocycles. The number of nitrogens with zero attached hydrogens (tertiary/aromatic N) is 3. The monoisotopic (exact) mass is 347 g/mol. The first-order chi connectivity index (χ1) is 12.5. The standard InChI is InChI=1S/C20H17FN4O/c1-11-19-16(25-20(22)23-11)9-12(10-17(19)26)13-5-2-3-6-14(13)15-7-4-8-18(21)24-15/h2-8,12H,9-10H2,1H3,(H2,22,23,25)/i21-1. The van der Waals surface area contributed by atoms with Crippen LogP contribution in [-0.4, -0.2) is 20.7 Å². The molecule has 0 saturated heterocycles. The molecule has 26 heavy (non-hydrogen) atoms. The normalized spacial score (nSPS) is 16.4. The molecule has 0 radical (unpaired) electrons. The van der Waals surface area contributed by atoms with E-state index in [0.717, 1.165) is 11.1 Å². The summed E-state index contributed by atoms with van der Waals surface area (Å²) in [5.74, 6) is -0.408. The molecule has 0 saturated carbocycles. The Morgan fingerprint density at radius 2 is 1.85 bits per heavy atom. The van der Waals surface area contributed by atoms with Crippen LogP contribution in [0, 0.1) is 12.9 Å². The molecule has 5 nitrogen and oxygen atoms in total. The van der Waals surface area contributed by atoms with E-state index in [4.69, 9.17) is 5.73 Å². The van der Waals surface area contributed by atoms with Crippen molar-refractivity contribution in [2.75, 3.05) is 5.73 Å². The maximum absolute atomic E-state index is 13.6. The molecule has 1 atom stereocenters. The fourth-order valence-electron chi connectivity index (χ4n) is 3.66. The molecule has 2 N–H and O–H groups in total. The van der Waals surface area contributed by atoms with Gasteiger partial charge in [-0.15, -0.1) is 0 Å². The molecule has 4 rings (SSSR count). The number of Topliss-reactive ketones (excluding diaryl/α,β-unsaturated/α-hetero) is 1. The van der Waals surface area contributed by atoms with E-state index in [1.807, 2.05) is 24.3 Å². The van der Waals surface area contributed by atoms with Crippen LogP contribution in [0.1, 0.15) is 39.6 Å². The maximum atomic E-state index is 13.6. The van der Waals surface area contributed by atoms with Crippen molar-refractivity contribution in [2.24, 2.45) is 0 Å². The van der Waals surface area contributed by atoms with Crippen LogP contribution >= 0.6 is 0 Å². The molecule has 0 bridgehead atoms. The average Bonchev–Trinajstić information content (AvgIpc) is 2.60. The highest BCUT2D eigenvalue weighted by Gasteiger charge is 2.31. The summed E-state index contributed by atoms with van der Waals surface area (Å²) in [6, 6.07) is 12.4. The number of halogens is 1. The molecule has 1 aromatic carbocycles. The molecule has 2 aromatic heterocycles. The van der Waals surface area contributed by atoms with Crippen molar-refractivity contribution in [3.63, 3.8) is 0 Å². The van der Waals surface area contributed by atoms with Crippen LogP contribution in [0.15, 0.2) is 42.5 Å². The second-order valence-corrected chi connectivity index (χ2v) is 6.45. The Morgan fingerprint density at radius 1 is 1.04 bits per heavy atom. The van der Waals surface area contributed by atoms with Gasteiger partial charge in [0.2, 0.25) is 11.9 Å². The minimum Gasteiger partial charge on any atom is -0.368 e. The summed E-state index contributed by atoms with van der Waals surface area (Å²) in [5, 5.41) is 0. The summed E-state index contributed by atoms with van der Waals surface area (Å²) in [7, 11) is 0. The number of aryl methyl sites for hydroxylation is 1. The van der Waals surface area contributed by atoms with Crippen LogP contribution in [0.5, 0.6) is 0 Å². The third kappa shape index (κ3) is 2.83. The van der Waals surface area contributed by atoms with Crippen molar-refractivity contribution in [3.05, 3.63) is 70.9 Å². The Hall–Kier alpha value is -3.15. The first-order valence-corrected chi connectivity index (χ1v) is 8.41. The van der Waals surface area contributed by atoms with E-state index in [-0.39, 0.29) is 17.6 Å². The van der Waals surface area contributed by atoms with Crippen LogP contribution in [0.3, 0.4) is 0 Å². The van der Waals surface area contributed by atoms with Crippen LogP contribution in [0.25, 0.3) is 11.3 Å². The molecule has 130 valence electrons. The number of ketones is 1. The highest BCUT2D eigenvalue weighted by atomic mass is 18.2. The van der Waals surface area contributed by atoms with Gasteiger partial charge < -0.3 is 5.73 Å². The number of pyridine rings is 1. The van der Waals surface area contributed by atoms with Crippen LogP contribution < -0.4 is 5.73 Å². The van der Waals surface area contributed by atoms with Gasteiger partial charge in [0.25, 0.3) is 0 Å². The van der Waals surface area contributed by atoms with Gasteiger partial charge in [-0.25, -0.2) is 15.0 Å². The van der Waals surface area contributed by atoms with Crippen molar-refractivity contribution < 1.29 is 9.18 Å². The number of nitrogens with two attached hydrogens (primary N) is 1. The predicted octanol–water partition coefficient (Wildman–Crippen LogP) is 3.48. The summed E-state index contributed by atoms with van der Waals surface area (Å²) < 4.78 is 13.6. The van der Waals surface area contributed by atoms with E-state index in [1.54, 1.807) is 19.1 Å². The second kappa shape index (κ2) is 6.29. The van der Waals surface area contributed by atoms with E-state index < -0.39 is 5.95 Å². The molecule has 6 heteroatoms. The minimum absolute atomic E-state index is 0.00996. The summed E-state index contributed by atoms with van der Waals surface area (Å²) in [6.45, 7) is 1.78. The lowest BCUT2D eigenvalue weighted by Gasteiger charge is -2.25. The number of hydrogen-bond donors (Lipinski definition) is 1. The summed E-state index contributed by atoms with van der Waals surface area (Å²) in [5.41, 5.74) is 9.98. The number of anilines is 1. The molecule has 0 amide bonds. The number of carbonyl (C=O) groups is 1. The van der Waals surface area contributed by atoms with Gasteiger partial charge >= 0.3 is 0 Å². The highest BCUT2D eigenvalue weighted by Crippen LogP contribution is 2.37. The fraction of sp³-hybridized carbons (Fsp3) is 0.200. The molecule has 1 unspecified atom stereocenters. The smallest absolute Gasteiger partial charge is 0.220 e. The largest absolute Gasteiger partial charge is 0.368 e. The quantitative estimate of drug-likeness (QED) is 0.718. The lowest BCUT2D eigenvalue weighted by molar-refractivity contribution is 0.0962. The van der Waals surface area contributed by atoms with Gasteiger partial charge in [-0.1, -0.05) is 30.3 Å². The van der Waals surface area contributed by atoms with Crippen molar-refractivity contribution in [1.29, 1.82) is 0 Å². The predicted molar refractivity (Wildman–Crippen MR) is 96.2 cm³/mol. The molecular formula is C20H17FN4O. The van der Waals surface area contributed by atoms with E-state index >= 15 is 0 Å². The van der Waals surface area contributed by atoms with Gasteiger partial charge in [-0.2, -0.15) is 4.39 Å². The molecule has 1 aliphatic carbocycles. The van der Waals surface area contributed by atoms with Crippen molar-refractivity contribution in [3.8, 4) is 11.3 Å². The van der Waals surface area contributed by atoms with Crippen molar-refractivity contribution in [2.45, 2.75) is 25.7 Å². The Balaban J connectivity index is 1.79. The zero-order valence-electron chi connectivity index (χ0n) is 14.2. The number of aromatic nitrogens is 3. The van der Waals surface area contributed by atoms with Crippen LogP contribution in [0.4, 0.5) is 10.3 Å². The third-order valence-corrected chi connectivity index (χ3v) is 4.72. The third-order valence-electron chi connectivity index (χ3n) is 4.72. The first-order valence-electron chi connectivity index (χ1n) is 8.41. The number of carbonyl (C=O) groups excluding carboxylic acids is 1. The van der Waals surface area contributed by atoms with E-state index in [1.165, 1.54) is 6.07 Å². The Labute approximate surface area is 150 Å². The van der Waals surface area contributed by atoms with Crippen molar-refractivity contribution >= 4 is 11.7 Å². The average molecular weight is 347 g/mol. The second-order valence-electron chi connectivity index (χ2n) is 6.45. The first kappa shape index (κ1) is 16.3. The zero-order valence-corrected chi connectivity index (χ0v) is 14.2. The number of fused-ring (bicyclic) bond motifs is 1. The Kier molecular flexibility index (Phi) is 3.95. The van der Waals surface area contributed by atoms with Gasteiger partial charge in [-0.05, 0) is 37.0 Å². The van der Waals surface area contributed by atoms with Gasteiger partial charge in [-0.3, -0.25) is 4.79 Å². The number of nitrogen functional groups attached to an aromatic ring is 1. The van der Waals surface area contributed by atoms with Crippen molar-refractivity contribution in [1.82, 2.24) is 15.0 Å². The lowest BCUT2D eigenvalue weighted by Crippen LogP contribution is -2.23. The number of rotatable bonds is 2. The molecule has 0 fully saturated rings. The van der Waals surface area contributed by atoms with Gasteiger partial charge in [0, 0.05) is 12.0 Å². The van der Waals surface area contributed by atoms with Gasteiger partial charge in [0.1, 0.15) is 0 Å². The van der Waals surface area contributed by atoms with Gasteiger partial charge in [0.15, 0.2) is 5.78 Å². The van der Waals surface area contributed by atoms with E-state index in [0.29, 0.717) is 35.5 Å².